The molecule has 18 heteroatoms. The second kappa shape index (κ2) is 13.1. The van der Waals surface area contributed by atoms with Crippen LogP contribution < -0.4 is 15.8 Å². The number of benzene rings is 1. The molecule has 2 atom stereocenters. The lowest BCUT2D eigenvalue weighted by Gasteiger charge is -2.15. The summed E-state index contributed by atoms with van der Waals surface area (Å²) in [5, 5.41) is 29.8. The van der Waals surface area contributed by atoms with Crippen molar-refractivity contribution >= 4 is 39.4 Å². The van der Waals surface area contributed by atoms with Gasteiger partial charge < -0.3 is 30.5 Å². The molecule has 2 heterocycles. The smallest absolute Gasteiger partial charge is 0.480 e. The minimum atomic E-state index is -5.08. The lowest BCUT2D eigenvalue weighted by Crippen LogP contribution is -2.48. The van der Waals surface area contributed by atoms with Gasteiger partial charge in [0.25, 0.3) is 10.0 Å². The zero-order chi connectivity index (χ0) is 30.3. The van der Waals surface area contributed by atoms with E-state index in [1.165, 1.54) is 12.1 Å². The highest BCUT2D eigenvalue weighted by atomic mass is 32.2. The Morgan fingerprint density at radius 3 is 2.25 bits per heavy atom. The summed E-state index contributed by atoms with van der Waals surface area (Å²) in [6, 6.07) is 7.88. The Bertz CT molecular complexity index is 1390. The Kier molecular flexibility index (Phi) is 10.4. The SMILES string of the molecule is Cc1ccc(S(=O)(=O)N[C@@H](CNC(=O)CC2CC(c3ccc(C(=N)N)cc3)=NO2)C(=O)O)o1.O=C(O)C(F)(F)F. The normalized spacial score (nSPS) is 15.6. The fourth-order valence-electron chi connectivity index (χ4n) is 3.03. The largest absolute Gasteiger partial charge is 0.490 e. The zero-order valence-electron chi connectivity index (χ0n) is 20.6. The molecule has 1 aromatic heterocycles. The number of hydrogen-bond donors (Lipinski definition) is 6. The summed E-state index contributed by atoms with van der Waals surface area (Å²) in [4.78, 5) is 37.9. The number of carbonyl (C=O) groups is 3. The summed E-state index contributed by atoms with van der Waals surface area (Å²) in [5.41, 5.74) is 7.38. The van der Waals surface area contributed by atoms with Gasteiger partial charge in [-0.3, -0.25) is 15.0 Å². The second-order valence-electron chi connectivity index (χ2n) is 8.15. The molecule has 0 saturated heterocycles. The zero-order valence-corrected chi connectivity index (χ0v) is 21.4. The molecule has 7 N–H and O–H groups in total. The number of aryl methyl sites for hydroxylation is 1. The van der Waals surface area contributed by atoms with Crippen LogP contribution in [-0.2, 0) is 29.2 Å². The van der Waals surface area contributed by atoms with Crippen LogP contribution in [0, 0.1) is 12.3 Å². The summed E-state index contributed by atoms with van der Waals surface area (Å²) in [7, 11) is -4.21. The van der Waals surface area contributed by atoms with Crippen LogP contribution in [0.5, 0.6) is 0 Å². The molecule has 3 rings (SSSR count). The third kappa shape index (κ3) is 9.38. The number of carboxylic acid groups (broad SMARTS) is 2. The first-order valence-electron chi connectivity index (χ1n) is 11.1. The number of aliphatic carboxylic acids is 2. The van der Waals surface area contributed by atoms with Crippen LogP contribution in [0.3, 0.4) is 0 Å². The number of alkyl halides is 3. The van der Waals surface area contributed by atoms with E-state index in [4.69, 9.17) is 30.3 Å². The maximum absolute atomic E-state index is 12.3. The summed E-state index contributed by atoms with van der Waals surface area (Å²) in [6.45, 7) is 1.08. The molecule has 0 bridgehead atoms. The van der Waals surface area contributed by atoms with Gasteiger partial charge in [0.2, 0.25) is 11.0 Å². The van der Waals surface area contributed by atoms with Gasteiger partial charge in [0, 0.05) is 18.5 Å². The Hall–Kier alpha value is -4.45. The van der Waals surface area contributed by atoms with E-state index >= 15 is 0 Å². The second-order valence-corrected chi connectivity index (χ2v) is 9.79. The fraction of sp³-hybridized carbons (Fsp3) is 0.318. The molecule has 2 aromatic rings. The molecule has 1 aromatic carbocycles. The van der Waals surface area contributed by atoms with E-state index in [-0.39, 0.29) is 12.3 Å². The van der Waals surface area contributed by atoms with Gasteiger partial charge in [-0.1, -0.05) is 29.4 Å². The first kappa shape index (κ1) is 31.8. The number of hydrogen-bond acceptors (Lipinski definition) is 9. The molecule has 1 aliphatic rings. The molecule has 14 nitrogen and oxygen atoms in total. The maximum Gasteiger partial charge on any atom is 0.490 e. The number of oxime groups is 1. The average Bonchev–Trinajstić information content (AvgIpc) is 3.51. The molecule has 0 radical (unpaired) electrons. The molecule has 40 heavy (non-hydrogen) atoms. The number of rotatable bonds is 10. The van der Waals surface area contributed by atoms with Crippen molar-refractivity contribution in [1.29, 1.82) is 5.41 Å². The lowest BCUT2D eigenvalue weighted by atomic mass is 10.0. The summed E-state index contributed by atoms with van der Waals surface area (Å²) in [6.07, 6.45) is -5.40. The predicted molar refractivity (Wildman–Crippen MR) is 130 cm³/mol. The van der Waals surface area contributed by atoms with Crippen LogP contribution in [0.2, 0.25) is 0 Å². The number of nitrogens with zero attached hydrogens (tertiary/aromatic N) is 1. The van der Waals surface area contributed by atoms with Gasteiger partial charge in [0.05, 0.1) is 12.1 Å². The van der Waals surface area contributed by atoms with Crippen LogP contribution in [0.1, 0.15) is 29.7 Å². The minimum Gasteiger partial charge on any atom is -0.480 e. The quantitative estimate of drug-likeness (QED) is 0.169. The van der Waals surface area contributed by atoms with Crippen molar-refractivity contribution in [2.45, 2.75) is 43.2 Å². The van der Waals surface area contributed by atoms with Crippen molar-refractivity contribution < 1.29 is 55.4 Å². The van der Waals surface area contributed by atoms with E-state index in [9.17, 15) is 36.3 Å². The predicted octanol–water partition coefficient (Wildman–Crippen LogP) is 0.936. The summed E-state index contributed by atoms with van der Waals surface area (Å²) in [5.74, 6) is -4.44. The number of furan rings is 1. The monoisotopic (exact) mass is 591 g/mol. The van der Waals surface area contributed by atoms with E-state index in [0.717, 1.165) is 5.56 Å². The molecule has 0 aliphatic carbocycles. The van der Waals surface area contributed by atoms with E-state index in [1.54, 1.807) is 31.2 Å². The maximum atomic E-state index is 12.3. The third-order valence-electron chi connectivity index (χ3n) is 5.00. The van der Waals surface area contributed by atoms with Gasteiger partial charge in [-0.25, -0.2) is 13.2 Å². The molecule has 218 valence electrons. The van der Waals surface area contributed by atoms with E-state index in [2.05, 4.69) is 10.5 Å². The summed E-state index contributed by atoms with van der Waals surface area (Å²) >= 11 is 0. The molecule has 1 amide bonds. The fourth-order valence-corrected chi connectivity index (χ4v) is 4.19. The first-order valence-corrected chi connectivity index (χ1v) is 12.5. The van der Waals surface area contributed by atoms with Crippen LogP contribution in [0.15, 0.2) is 51.1 Å². The van der Waals surface area contributed by atoms with Crippen LogP contribution >= 0.6 is 0 Å². The minimum absolute atomic E-state index is 0.0538. The van der Waals surface area contributed by atoms with Crippen molar-refractivity contribution in [2.24, 2.45) is 10.9 Å². The van der Waals surface area contributed by atoms with Gasteiger partial charge in [-0.05, 0) is 24.6 Å². The molecule has 0 spiro atoms. The van der Waals surface area contributed by atoms with Crippen molar-refractivity contribution in [1.82, 2.24) is 10.0 Å². The number of carbonyl (C=O) groups excluding carboxylic acids is 1. The van der Waals surface area contributed by atoms with Crippen LogP contribution in [0.4, 0.5) is 13.2 Å². The van der Waals surface area contributed by atoms with Crippen molar-refractivity contribution in [3.8, 4) is 0 Å². The van der Waals surface area contributed by atoms with Gasteiger partial charge in [-0.15, -0.1) is 0 Å². The molecular weight excluding hydrogens is 567 g/mol. The number of carboxylic acids is 2. The molecule has 1 aliphatic heterocycles. The lowest BCUT2D eigenvalue weighted by molar-refractivity contribution is -0.192. The Morgan fingerprint density at radius 1 is 1.18 bits per heavy atom. The Labute approximate surface area is 224 Å². The first-order chi connectivity index (χ1) is 18.5. The molecule has 0 fully saturated rings. The topological polar surface area (TPSA) is 234 Å². The van der Waals surface area contributed by atoms with Crippen molar-refractivity contribution in [3.63, 3.8) is 0 Å². The summed E-state index contributed by atoms with van der Waals surface area (Å²) < 4.78 is 63.3. The van der Waals surface area contributed by atoms with Gasteiger partial charge >= 0.3 is 18.1 Å². The van der Waals surface area contributed by atoms with Crippen molar-refractivity contribution in [2.75, 3.05) is 6.54 Å². The average molecular weight is 592 g/mol. The third-order valence-corrected chi connectivity index (χ3v) is 6.34. The Balaban J connectivity index is 0.000000708. The van der Waals surface area contributed by atoms with E-state index < -0.39 is 57.8 Å². The van der Waals surface area contributed by atoms with Gasteiger partial charge in [0.15, 0.2) is 0 Å². The number of nitrogens with two attached hydrogens (primary N) is 1. The van der Waals surface area contributed by atoms with Gasteiger partial charge in [0.1, 0.15) is 23.7 Å². The van der Waals surface area contributed by atoms with Crippen LogP contribution in [0.25, 0.3) is 0 Å². The number of halogens is 3. The van der Waals surface area contributed by atoms with Crippen LogP contribution in [-0.4, -0.2) is 72.9 Å². The highest BCUT2D eigenvalue weighted by molar-refractivity contribution is 7.89. The number of nitrogens with one attached hydrogen (secondary N) is 3. The number of amidine groups is 1. The number of sulfonamides is 1. The molecular formula is C22H24F3N5O9S. The van der Waals surface area contributed by atoms with E-state index in [0.29, 0.717) is 23.5 Å². The number of nitrogen functional groups attached to an aromatic ring is 1. The highest BCUT2D eigenvalue weighted by Crippen LogP contribution is 2.19. The Morgan fingerprint density at radius 2 is 1.77 bits per heavy atom. The van der Waals surface area contributed by atoms with E-state index in [1.807, 2.05) is 4.72 Å². The standard InChI is InChI=1S/C20H23N5O7S.C2HF3O2/c1-11-2-7-18(31-11)33(29,30)25-16(20(27)28)10-23-17(26)9-14-8-15(24-32-14)12-3-5-13(6-4-12)19(21)22;3-2(4,5)1(6)7/h2-7,14,16,25H,8-10H2,1H3,(H3,21,22)(H,23,26)(H,27,28);(H,6,7)/t14?,16-;/m0./s1. The number of amides is 1. The highest BCUT2D eigenvalue weighted by Gasteiger charge is 2.38. The molecule has 1 unspecified atom stereocenters. The molecule has 0 saturated carbocycles. The van der Waals surface area contributed by atoms with Gasteiger partial charge in [-0.2, -0.15) is 17.9 Å². The van der Waals surface area contributed by atoms with Crippen molar-refractivity contribution in [3.05, 3.63) is 53.3 Å².